The van der Waals surface area contributed by atoms with E-state index < -0.39 is 67.8 Å². The van der Waals surface area contributed by atoms with Crippen molar-refractivity contribution < 1.29 is 36.2 Å². The van der Waals surface area contributed by atoms with E-state index in [1.165, 1.54) is 0 Å². The second-order valence-corrected chi connectivity index (χ2v) is 11.3. The first-order valence-electron chi connectivity index (χ1n) is 10.5. The average Bonchev–Trinajstić information content (AvgIpc) is 3.63. The summed E-state index contributed by atoms with van der Waals surface area (Å²) >= 11 is 0. The summed E-state index contributed by atoms with van der Waals surface area (Å²) in [6.07, 6.45) is -1.57. The van der Waals surface area contributed by atoms with E-state index in [2.05, 4.69) is 10.1 Å². The maximum absolute atomic E-state index is 14.3. The molecule has 0 bridgehead atoms. The second-order valence-electron chi connectivity index (χ2n) is 9.22. The molecule has 3 aliphatic carbocycles. The number of pyridine rings is 1. The van der Waals surface area contributed by atoms with Crippen LogP contribution >= 0.6 is 0 Å². The van der Waals surface area contributed by atoms with Crippen LogP contribution in [0.4, 0.5) is 22.0 Å². The zero-order valence-corrected chi connectivity index (χ0v) is 18.6. The van der Waals surface area contributed by atoms with Gasteiger partial charge < -0.3 is 5.21 Å². The third-order valence-electron chi connectivity index (χ3n) is 6.77. The van der Waals surface area contributed by atoms with E-state index in [4.69, 9.17) is 4.78 Å². The summed E-state index contributed by atoms with van der Waals surface area (Å²) in [6.45, 7) is -0.536. The molecule has 2 aromatic rings. The largest absolute Gasteiger partial charge is 0.428 e. The van der Waals surface area contributed by atoms with Crippen molar-refractivity contribution in [2.75, 3.05) is 6.26 Å². The molecule has 2 aromatic heterocycles. The van der Waals surface area contributed by atoms with E-state index in [1.807, 2.05) is 0 Å². The maximum Gasteiger partial charge on any atom is 0.420 e. The lowest BCUT2D eigenvalue weighted by molar-refractivity contribution is -0.138. The van der Waals surface area contributed by atoms with Gasteiger partial charge in [0.1, 0.15) is 11.3 Å². The van der Waals surface area contributed by atoms with Gasteiger partial charge in [-0.2, -0.15) is 23.0 Å². The molecule has 0 saturated heterocycles. The first-order chi connectivity index (χ1) is 15.7. The fourth-order valence-electron chi connectivity index (χ4n) is 4.61. The van der Waals surface area contributed by atoms with Gasteiger partial charge in [0.25, 0.3) is 11.8 Å². The lowest BCUT2D eigenvalue weighted by atomic mass is 10.1. The summed E-state index contributed by atoms with van der Waals surface area (Å²) in [5.41, 5.74) is -3.75. The van der Waals surface area contributed by atoms with Crippen molar-refractivity contribution in [3.8, 4) is 0 Å². The van der Waals surface area contributed by atoms with Crippen molar-refractivity contribution in [1.82, 2.24) is 14.5 Å². The lowest BCUT2D eigenvalue weighted by Crippen LogP contribution is -2.20. The molecule has 5 rings (SSSR count). The Morgan fingerprint density at radius 1 is 1.35 bits per heavy atom. The van der Waals surface area contributed by atoms with Gasteiger partial charge in [-0.05, 0) is 31.7 Å². The number of amides is 1. The zero-order chi connectivity index (χ0) is 24.8. The Kier molecular flexibility index (Phi) is 4.66. The van der Waals surface area contributed by atoms with E-state index in [0.29, 0.717) is 17.6 Å². The molecule has 184 valence electrons. The lowest BCUT2D eigenvalue weighted by Gasteiger charge is -2.10. The van der Waals surface area contributed by atoms with Crippen LogP contribution in [0.5, 0.6) is 0 Å². The third kappa shape index (κ3) is 3.53. The van der Waals surface area contributed by atoms with Crippen molar-refractivity contribution in [3.63, 3.8) is 0 Å². The monoisotopic (exact) mass is 505 g/mol. The predicted molar refractivity (Wildman–Crippen MR) is 106 cm³/mol. The SMILES string of the molecule is CS(=N)(=O)c1cc(=NC(=O)c2c(C(F)(F)F)c(C3CC3)nn2CC2C(F)(F)C23CC3)ccn1O. The summed E-state index contributed by atoms with van der Waals surface area (Å²) in [5.74, 6) is -6.09. The van der Waals surface area contributed by atoms with Crippen LogP contribution in [0.1, 0.15) is 53.3 Å². The Morgan fingerprint density at radius 3 is 2.50 bits per heavy atom. The number of halogens is 5. The Labute approximate surface area is 190 Å². The molecule has 8 nitrogen and oxygen atoms in total. The van der Waals surface area contributed by atoms with E-state index in [-0.39, 0.29) is 23.9 Å². The number of carbonyl (C=O) groups excluding carboxylic acids is 1. The van der Waals surface area contributed by atoms with Crippen molar-refractivity contribution >= 4 is 15.6 Å². The van der Waals surface area contributed by atoms with Gasteiger partial charge in [-0.25, -0.2) is 22.8 Å². The molecule has 3 fully saturated rings. The van der Waals surface area contributed by atoms with Gasteiger partial charge >= 0.3 is 6.18 Å². The Bertz CT molecular complexity index is 1380. The summed E-state index contributed by atoms with van der Waals surface area (Å²) in [7, 11) is -3.46. The first-order valence-corrected chi connectivity index (χ1v) is 12.4. The number of nitrogens with one attached hydrogen (secondary N) is 1. The number of nitrogens with zero attached hydrogens (tertiary/aromatic N) is 4. The standard InChI is InChI=1S/C20H20F5N5O3S/c1-34(26,33)13-8-11(4-7-30(13)32)27-17(31)16-14(20(23,24)25)15(10-2-3-10)28-29(16)9-12-18(5-6-18)19(12,21)22/h4,7-8,10,12,26,32H,2-3,5-6,9H2,1H3. The summed E-state index contributed by atoms with van der Waals surface area (Å²) in [4.78, 5) is 16.7. The van der Waals surface area contributed by atoms with Crippen LogP contribution in [-0.2, 0) is 22.5 Å². The number of carbonyl (C=O) groups is 1. The van der Waals surface area contributed by atoms with Crippen LogP contribution in [-0.4, -0.2) is 42.0 Å². The molecule has 3 aliphatic rings. The van der Waals surface area contributed by atoms with E-state index >= 15 is 0 Å². The zero-order valence-electron chi connectivity index (χ0n) is 17.8. The van der Waals surface area contributed by atoms with Crippen molar-refractivity contribution in [2.24, 2.45) is 16.3 Å². The molecule has 0 radical (unpaired) electrons. The molecule has 0 aliphatic heterocycles. The van der Waals surface area contributed by atoms with Gasteiger partial charge in [0.15, 0.2) is 5.03 Å². The molecular weight excluding hydrogens is 485 g/mol. The summed E-state index contributed by atoms with van der Waals surface area (Å²) < 4.78 is 91.5. The van der Waals surface area contributed by atoms with Gasteiger partial charge in [-0.1, -0.05) is 0 Å². The highest BCUT2D eigenvalue weighted by Gasteiger charge is 2.86. The van der Waals surface area contributed by atoms with Crippen molar-refractivity contribution in [1.29, 1.82) is 4.78 Å². The Balaban J connectivity index is 1.63. The van der Waals surface area contributed by atoms with Crippen LogP contribution in [0.15, 0.2) is 28.3 Å². The molecule has 1 amide bonds. The van der Waals surface area contributed by atoms with Gasteiger partial charge in [0.05, 0.1) is 33.2 Å². The molecule has 2 N–H and O–H groups in total. The van der Waals surface area contributed by atoms with Gasteiger partial charge in [-0.15, -0.1) is 0 Å². The topological polar surface area (TPSA) is 113 Å². The van der Waals surface area contributed by atoms with Gasteiger partial charge in [0, 0.05) is 29.9 Å². The molecule has 3 saturated carbocycles. The molecule has 0 aromatic carbocycles. The second kappa shape index (κ2) is 6.89. The highest BCUT2D eigenvalue weighted by molar-refractivity contribution is 7.91. The molecule has 2 atom stereocenters. The fourth-order valence-corrected chi connectivity index (χ4v) is 5.38. The van der Waals surface area contributed by atoms with Crippen LogP contribution in [0.2, 0.25) is 0 Å². The number of hydrogen-bond donors (Lipinski definition) is 2. The van der Waals surface area contributed by atoms with Crippen molar-refractivity contribution in [3.05, 3.63) is 40.6 Å². The highest BCUT2D eigenvalue weighted by atomic mass is 32.2. The molecule has 1 spiro atoms. The van der Waals surface area contributed by atoms with Crippen molar-refractivity contribution in [2.45, 2.75) is 55.3 Å². The van der Waals surface area contributed by atoms with Gasteiger partial charge in [-0.3, -0.25) is 9.48 Å². The highest BCUT2D eigenvalue weighted by Crippen LogP contribution is 2.80. The average molecular weight is 505 g/mol. The first kappa shape index (κ1) is 23.0. The van der Waals surface area contributed by atoms with Gasteiger partial charge in [0.2, 0.25) is 0 Å². The summed E-state index contributed by atoms with van der Waals surface area (Å²) in [5, 5.41) is 13.1. The number of hydrogen-bond acceptors (Lipinski definition) is 5. The number of rotatable bonds is 5. The van der Waals surface area contributed by atoms with Crippen LogP contribution in [0.3, 0.4) is 0 Å². The predicted octanol–water partition coefficient (Wildman–Crippen LogP) is 3.64. The molecule has 34 heavy (non-hydrogen) atoms. The van der Waals surface area contributed by atoms with E-state index in [1.54, 1.807) is 0 Å². The minimum absolute atomic E-state index is 0.253. The molecular formula is C20H20F5N5O3S. The number of alkyl halides is 5. The summed E-state index contributed by atoms with van der Waals surface area (Å²) in [6, 6.07) is 2.02. The molecule has 2 unspecified atom stereocenters. The third-order valence-corrected chi connectivity index (χ3v) is 7.88. The van der Waals surface area contributed by atoms with E-state index in [0.717, 1.165) is 29.3 Å². The molecule has 14 heteroatoms. The fraction of sp³-hybridized carbons (Fsp3) is 0.550. The minimum Gasteiger partial charge on any atom is -0.428 e. The Morgan fingerprint density at radius 2 is 2.00 bits per heavy atom. The van der Waals surface area contributed by atoms with Crippen LogP contribution in [0, 0.1) is 16.1 Å². The smallest absolute Gasteiger partial charge is 0.420 e. The van der Waals surface area contributed by atoms with E-state index in [9.17, 15) is 36.2 Å². The quantitative estimate of drug-likeness (QED) is 0.477. The molecule has 2 heterocycles. The maximum atomic E-state index is 14.3. The normalized spacial score (nSPS) is 24.8. The van der Waals surface area contributed by atoms with Crippen LogP contribution in [0.25, 0.3) is 0 Å². The van der Waals surface area contributed by atoms with Crippen LogP contribution < -0.4 is 5.36 Å². The number of aromatic nitrogens is 3. The minimum atomic E-state index is -4.96. The Hall–Kier alpha value is -2.77.